The van der Waals surface area contributed by atoms with Crippen molar-refractivity contribution < 1.29 is 19.4 Å². The molecule has 0 amide bonds. The number of carbonyl (C=O) groups excluding carboxylic acids is 1. The minimum atomic E-state index is -0.741. The Balaban J connectivity index is 1.97. The van der Waals surface area contributed by atoms with E-state index in [9.17, 15) is 9.59 Å². The Morgan fingerprint density at radius 2 is 2.13 bits per heavy atom. The summed E-state index contributed by atoms with van der Waals surface area (Å²) in [4.78, 5) is 22.6. The molecule has 3 aliphatic rings. The fraction of sp³-hybridized carbons (Fsp3) is 0.818. The van der Waals surface area contributed by atoms with Gasteiger partial charge in [-0.3, -0.25) is 9.59 Å². The summed E-state index contributed by atoms with van der Waals surface area (Å²) in [5.41, 5.74) is 0. The van der Waals surface area contributed by atoms with Crippen molar-refractivity contribution >= 4 is 11.9 Å². The Kier molecular flexibility index (Phi) is 1.68. The molecule has 2 aliphatic carbocycles. The molecular formula is C11H14O4. The van der Waals surface area contributed by atoms with Gasteiger partial charge in [-0.05, 0) is 24.7 Å². The number of hydrogen-bond acceptors (Lipinski definition) is 3. The number of carboxylic acids is 1. The molecule has 82 valence electrons. The normalized spacial score (nSPS) is 51.7. The van der Waals surface area contributed by atoms with E-state index in [1.54, 1.807) is 0 Å². The fourth-order valence-electron chi connectivity index (χ4n) is 3.97. The van der Waals surface area contributed by atoms with Crippen molar-refractivity contribution in [2.24, 2.45) is 29.6 Å². The molecule has 4 nitrogen and oxygen atoms in total. The van der Waals surface area contributed by atoms with Crippen LogP contribution in [0, 0.1) is 29.6 Å². The summed E-state index contributed by atoms with van der Waals surface area (Å²) in [6.45, 7) is 2.08. The van der Waals surface area contributed by atoms with Crippen LogP contribution in [0.3, 0.4) is 0 Å². The van der Waals surface area contributed by atoms with Crippen molar-refractivity contribution in [2.75, 3.05) is 0 Å². The molecule has 2 saturated carbocycles. The lowest BCUT2D eigenvalue weighted by atomic mass is 9.85. The van der Waals surface area contributed by atoms with Crippen LogP contribution >= 0.6 is 0 Å². The summed E-state index contributed by atoms with van der Waals surface area (Å²) >= 11 is 0. The summed E-state index contributed by atoms with van der Waals surface area (Å²) in [5, 5.41) is 9.14. The van der Waals surface area contributed by atoms with Gasteiger partial charge in [-0.15, -0.1) is 0 Å². The van der Waals surface area contributed by atoms with Gasteiger partial charge < -0.3 is 9.84 Å². The van der Waals surface area contributed by atoms with E-state index in [-0.39, 0.29) is 35.7 Å². The van der Waals surface area contributed by atoms with Crippen LogP contribution in [0.2, 0.25) is 0 Å². The fourth-order valence-corrected chi connectivity index (χ4v) is 3.97. The largest absolute Gasteiger partial charge is 0.481 e. The van der Waals surface area contributed by atoms with Crippen molar-refractivity contribution in [3.05, 3.63) is 0 Å². The maximum Gasteiger partial charge on any atom is 0.309 e. The van der Waals surface area contributed by atoms with Crippen LogP contribution < -0.4 is 0 Å². The highest BCUT2D eigenvalue weighted by molar-refractivity contribution is 5.79. The minimum Gasteiger partial charge on any atom is -0.481 e. The lowest BCUT2D eigenvalue weighted by Gasteiger charge is -2.18. The van der Waals surface area contributed by atoms with Gasteiger partial charge >= 0.3 is 11.9 Å². The zero-order chi connectivity index (χ0) is 10.7. The summed E-state index contributed by atoms with van der Waals surface area (Å²) in [5.74, 6) is -0.643. The van der Waals surface area contributed by atoms with Crippen molar-refractivity contribution in [3.8, 4) is 0 Å². The van der Waals surface area contributed by atoms with Crippen molar-refractivity contribution in [3.63, 3.8) is 0 Å². The SMILES string of the molecule is C[C@@H]1C[C@H]2OC(=O)[C@H]3C[C@@H](C(=O)O)[C@@H]1[C@H]32. The number of esters is 1. The Morgan fingerprint density at radius 3 is 2.80 bits per heavy atom. The van der Waals surface area contributed by atoms with Crippen LogP contribution in [0.1, 0.15) is 19.8 Å². The molecule has 1 heterocycles. The van der Waals surface area contributed by atoms with E-state index in [2.05, 4.69) is 6.92 Å². The first kappa shape index (κ1) is 9.19. The highest BCUT2D eigenvalue weighted by Gasteiger charge is 2.63. The number of ether oxygens (including phenoxy) is 1. The van der Waals surface area contributed by atoms with E-state index in [0.29, 0.717) is 12.3 Å². The predicted molar refractivity (Wildman–Crippen MR) is 49.9 cm³/mol. The lowest BCUT2D eigenvalue weighted by Crippen LogP contribution is -2.24. The Labute approximate surface area is 87.6 Å². The molecule has 3 rings (SSSR count). The minimum absolute atomic E-state index is 0.00634. The number of rotatable bonds is 1. The molecule has 1 N–H and O–H groups in total. The topological polar surface area (TPSA) is 63.6 Å². The van der Waals surface area contributed by atoms with Gasteiger partial charge in [0, 0.05) is 5.92 Å². The van der Waals surface area contributed by atoms with Gasteiger partial charge in [-0.25, -0.2) is 0 Å². The number of carboxylic acid groups (broad SMARTS) is 1. The Bertz CT molecular complexity index is 337. The van der Waals surface area contributed by atoms with Gasteiger partial charge in [0.25, 0.3) is 0 Å². The number of hydrogen-bond donors (Lipinski definition) is 1. The Morgan fingerprint density at radius 1 is 1.40 bits per heavy atom. The van der Waals surface area contributed by atoms with Gasteiger partial charge in [0.05, 0.1) is 11.8 Å². The maximum absolute atomic E-state index is 11.5. The third-order valence-electron chi connectivity index (χ3n) is 4.46. The smallest absolute Gasteiger partial charge is 0.309 e. The quantitative estimate of drug-likeness (QED) is 0.653. The molecule has 1 aliphatic heterocycles. The molecule has 0 bridgehead atoms. The molecule has 0 aromatic heterocycles. The second-order valence-corrected chi connectivity index (χ2v) is 5.13. The molecule has 4 heteroatoms. The van der Waals surface area contributed by atoms with Crippen LogP contribution in [-0.2, 0) is 14.3 Å². The van der Waals surface area contributed by atoms with E-state index < -0.39 is 5.97 Å². The van der Waals surface area contributed by atoms with Crippen molar-refractivity contribution in [1.82, 2.24) is 0 Å². The molecule has 6 atom stereocenters. The zero-order valence-electron chi connectivity index (χ0n) is 8.55. The third kappa shape index (κ3) is 1.02. The maximum atomic E-state index is 11.5. The average Bonchev–Trinajstić information content (AvgIpc) is 2.73. The molecule has 3 fully saturated rings. The van der Waals surface area contributed by atoms with Crippen LogP contribution in [0.25, 0.3) is 0 Å². The summed E-state index contributed by atoms with van der Waals surface area (Å²) in [6.07, 6.45) is 1.35. The first-order valence-corrected chi connectivity index (χ1v) is 5.53. The van der Waals surface area contributed by atoms with Crippen molar-refractivity contribution in [2.45, 2.75) is 25.9 Å². The van der Waals surface area contributed by atoms with Crippen LogP contribution in [0.4, 0.5) is 0 Å². The van der Waals surface area contributed by atoms with Crippen LogP contribution in [0.5, 0.6) is 0 Å². The molecule has 15 heavy (non-hydrogen) atoms. The highest BCUT2D eigenvalue weighted by atomic mass is 16.6. The van der Waals surface area contributed by atoms with Crippen LogP contribution in [-0.4, -0.2) is 23.1 Å². The van der Waals surface area contributed by atoms with Gasteiger partial charge in [0.1, 0.15) is 6.10 Å². The van der Waals surface area contributed by atoms with Gasteiger partial charge in [0.15, 0.2) is 0 Å². The number of aliphatic carboxylic acids is 1. The standard InChI is InChI=1S/C11H14O4/c1-4-2-7-9-6(11(14)15-7)3-5(8(4)9)10(12)13/h4-9H,2-3H2,1H3,(H,12,13)/t4-,5-,6+,7-,8-,9-/m1/s1. The highest BCUT2D eigenvalue weighted by Crippen LogP contribution is 2.58. The van der Waals surface area contributed by atoms with E-state index >= 15 is 0 Å². The summed E-state index contributed by atoms with van der Waals surface area (Å²) in [7, 11) is 0. The molecule has 1 saturated heterocycles. The van der Waals surface area contributed by atoms with Crippen molar-refractivity contribution in [1.29, 1.82) is 0 Å². The van der Waals surface area contributed by atoms with E-state index in [4.69, 9.17) is 9.84 Å². The molecule has 0 aromatic rings. The monoisotopic (exact) mass is 210 g/mol. The van der Waals surface area contributed by atoms with Gasteiger partial charge in [-0.1, -0.05) is 6.92 Å². The molecule has 0 unspecified atom stereocenters. The molecule has 0 radical (unpaired) electrons. The second kappa shape index (κ2) is 2.74. The molecular weight excluding hydrogens is 196 g/mol. The first-order valence-electron chi connectivity index (χ1n) is 5.53. The molecule has 0 aromatic carbocycles. The second-order valence-electron chi connectivity index (χ2n) is 5.13. The number of carbonyl (C=O) groups is 2. The van der Waals surface area contributed by atoms with E-state index in [0.717, 1.165) is 6.42 Å². The predicted octanol–water partition coefficient (Wildman–Crippen LogP) is 0.905. The first-order chi connectivity index (χ1) is 7.09. The average molecular weight is 210 g/mol. The lowest BCUT2D eigenvalue weighted by molar-refractivity contribution is -0.146. The zero-order valence-corrected chi connectivity index (χ0v) is 8.55. The summed E-state index contributed by atoms with van der Waals surface area (Å²) < 4.78 is 5.29. The Hall–Kier alpha value is -1.06. The van der Waals surface area contributed by atoms with E-state index in [1.165, 1.54) is 0 Å². The van der Waals surface area contributed by atoms with E-state index in [1.807, 2.05) is 0 Å². The van der Waals surface area contributed by atoms with Gasteiger partial charge in [0.2, 0.25) is 0 Å². The van der Waals surface area contributed by atoms with Gasteiger partial charge in [-0.2, -0.15) is 0 Å². The summed E-state index contributed by atoms with van der Waals surface area (Å²) in [6, 6.07) is 0. The van der Waals surface area contributed by atoms with Crippen LogP contribution in [0.15, 0.2) is 0 Å². The third-order valence-corrected chi connectivity index (χ3v) is 4.46. The molecule has 0 spiro atoms.